The lowest BCUT2D eigenvalue weighted by atomic mass is 10.1. The van der Waals surface area contributed by atoms with Crippen molar-refractivity contribution in [1.82, 2.24) is 4.57 Å². The zero-order valence-electron chi connectivity index (χ0n) is 13.5. The second kappa shape index (κ2) is 6.21. The van der Waals surface area contributed by atoms with Gasteiger partial charge in [0.1, 0.15) is 11.3 Å². The third kappa shape index (κ3) is 3.01. The Morgan fingerprint density at radius 2 is 1.77 bits per heavy atom. The van der Waals surface area contributed by atoms with Gasteiger partial charge in [-0.15, -0.1) is 0 Å². The highest BCUT2D eigenvalue weighted by atomic mass is 19.4. The predicted octanol–water partition coefficient (Wildman–Crippen LogP) is 3.52. The molecule has 0 atom stereocenters. The largest absolute Gasteiger partial charge is 0.506 e. The van der Waals surface area contributed by atoms with Gasteiger partial charge in [0, 0.05) is 18.1 Å². The standard InChI is InChI=1S/C18H13F3N2O3/c1-23-13-8-7-10(18(19,20)21)9-12(13)15(24)14(17(23)26)16(25)22-11-5-3-2-4-6-11/h2-9,24H,1H3,(H,22,25). The van der Waals surface area contributed by atoms with Gasteiger partial charge in [-0.05, 0) is 30.3 Å². The van der Waals surface area contributed by atoms with Crippen LogP contribution in [0.3, 0.4) is 0 Å². The van der Waals surface area contributed by atoms with E-state index >= 15 is 0 Å². The van der Waals surface area contributed by atoms with Crippen LogP contribution in [0.5, 0.6) is 5.75 Å². The molecule has 3 rings (SSSR count). The molecule has 1 heterocycles. The molecular formula is C18H13F3N2O3. The van der Waals surface area contributed by atoms with Gasteiger partial charge in [0.2, 0.25) is 0 Å². The molecule has 0 spiro atoms. The summed E-state index contributed by atoms with van der Waals surface area (Å²) in [5.41, 5.74) is -1.97. The summed E-state index contributed by atoms with van der Waals surface area (Å²) in [6, 6.07) is 10.8. The maximum Gasteiger partial charge on any atom is 0.416 e. The maximum absolute atomic E-state index is 12.9. The van der Waals surface area contributed by atoms with E-state index in [1.807, 2.05) is 0 Å². The van der Waals surface area contributed by atoms with Gasteiger partial charge in [-0.1, -0.05) is 18.2 Å². The summed E-state index contributed by atoms with van der Waals surface area (Å²) < 4.78 is 39.9. The van der Waals surface area contributed by atoms with Crippen LogP contribution >= 0.6 is 0 Å². The molecule has 0 aliphatic heterocycles. The van der Waals surface area contributed by atoms with Gasteiger partial charge in [-0.2, -0.15) is 13.2 Å². The first kappa shape index (κ1) is 17.5. The first-order valence-electron chi connectivity index (χ1n) is 7.49. The Balaban J connectivity index is 2.19. The molecule has 2 aromatic carbocycles. The molecule has 0 aliphatic carbocycles. The summed E-state index contributed by atoms with van der Waals surface area (Å²) in [6.45, 7) is 0. The monoisotopic (exact) mass is 362 g/mol. The first-order chi connectivity index (χ1) is 12.2. The number of anilines is 1. The van der Waals surface area contributed by atoms with Crippen LogP contribution in [0.15, 0.2) is 53.3 Å². The zero-order chi connectivity index (χ0) is 19.1. The van der Waals surface area contributed by atoms with Crippen molar-refractivity contribution in [3.05, 3.63) is 70.0 Å². The van der Waals surface area contributed by atoms with E-state index in [-0.39, 0.29) is 10.9 Å². The fourth-order valence-corrected chi connectivity index (χ4v) is 2.63. The number of hydrogen-bond donors (Lipinski definition) is 2. The molecule has 0 saturated heterocycles. The van der Waals surface area contributed by atoms with Crippen LogP contribution in [0.25, 0.3) is 10.9 Å². The number of carbonyl (C=O) groups is 1. The van der Waals surface area contributed by atoms with Gasteiger partial charge in [-0.3, -0.25) is 9.59 Å². The second-order valence-electron chi connectivity index (χ2n) is 5.64. The van der Waals surface area contributed by atoms with Gasteiger partial charge in [-0.25, -0.2) is 0 Å². The smallest absolute Gasteiger partial charge is 0.416 e. The van der Waals surface area contributed by atoms with Crippen molar-refractivity contribution in [3.8, 4) is 5.75 Å². The molecule has 5 nitrogen and oxygen atoms in total. The highest BCUT2D eigenvalue weighted by Crippen LogP contribution is 2.34. The zero-order valence-corrected chi connectivity index (χ0v) is 13.5. The van der Waals surface area contributed by atoms with Gasteiger partial charge in [0.25, 0.3) is 11.5 Å². The number of rotatable bonds is 2. The van der Waals surface area contributed by atoms with E-state index in [4.69, 9.17) is 0 Å². The van der Waals surface area contributed by atoms with Crippen LogP contribution in [-0.2, 0) is 13.2 Å². The number of nitrogens with one attached hydrogen (secondary N) is 1. The molecule has 0 aliphatic rings. The van der Waals surface area contributed by atoms with E-state index in [0.717, 1.165) is 16.7 Å². The van der Waals surface area contributed by atoms with Crippen LogP contribution in [-0.4, -0.2) is 15.6 Å². The molecule has 0 saturated carbocycles. The minimum absolute atomic E-state index is 0.0803. The number of aryl methyl sites for hydroxylation is 1. The molecule has 3 aromatic rings. The van der Waals surface area contributed by atoms with E-state index in [2.05, 4.69) is 5.32 Å². The normalized spacial score (nSPS) is 11.5. The van der Waals surface area contributed by atoms with Crippen LogP contribution in [0, 0.1) is 0 Å². The molecule has 0 radical (unpaired) electrons. The summed E-state index contributed by atoms with van der Waals surface area (Å²) in [6.07, 6.45) is -4.62. The Kier molecular flexibility index (Phi) is 4.19. The quantitative estimate of drug-likeness (QED) is 0.733. The number of carbonyl (C=O) groups excluding carboxylic acids is 1. The maximum atomic E-state index is 12.9. The van der Waals surface area contributed by atoms with Crippen LogP contribution < -0.4 is 10.9 Å². The summed E-state index contributed by atoms with van der Waals surface area (Å²) >= 11 is 0. The van der Waals surface area contributed by atoms with Crippen molar-refractivity contribution in [2.45, 2.75) is 6.18 Å². The first-order valence-corrected chi connectivity index (χ1v) is 7.49. The Hall–Kier alpha value is -3.29. The number of fused-ring (bicyclic) bond motifs is 1. The van der Waals surface area contributed by atoms with Gasteiger partial charge >= 0.3 is 6.18 Å². The number of hydrogen-bond acceptors (Lipinski definition) is 3. The molecule has 0 fully saturated rings. The lowest BCUT2D eigenvalue weighted by Gasteiger charge is -2.14. The number of para-hydroxylation sites is 1. The minimum atomic E-state index is -4.62. The Morgan fingerprint density at radius 3 is 2.38 bits per heavy atom. The van der Waals surface area contributed by atoms with Crippen molar-refractivity contribution < 1.29 is 23.1 Å². The average molecular weight is 362 g/mol. The highest BCUT2D eigenvalue weighted by Gasteiger charge is 2.31. The van der Waals surface area contributed by atoms with Crippen LogP contribution in [0.1, 0.15) is 15.9 Å². The van der Waals surface area contributed by atoms with E-state index in [9.17, 15) is 27.9 Å². The Bertz CT molecular complexity index is 1060. The summed E-state index contributed by atoms with van der Waals surface area (Å²) in [4.78, 5) is 24.9. The molecule has 134 valence electrons. The topological polar surface area (TPSA) is 71.3 Å². The van der Waals surface area contributed by atoms with Crippen LogP contribution in [0.2, 0.25) is 0 Å². The van der Waals surface area contributed by atoms with Crippen molar-refractivity contribution in [3.63, 3.8) is 0 Å². The van der Waals surface area contributed by atoms with Crippen molar-refractivity contribution in [2.24, 2.45) is 7.05 Å². The van der Waals surface area contributed by atoms with E-state index in [1.54, 1.807) is 30.3 Å². The van der Waals surface area contributed by atoms with Crippen molar-refractivity contribution >= 4 is 22.5 Å². The predicted molar refractivity (Wildman–Crippen MR) is 90.3 cm³/mol. The minimum Gasteiger partial charge on any atom is -0.506 e. The Morgan fingerprint density at radius 1 is 1.12 bits per heavy atom. The molecule has 26 heavy (non-hydrogen) atoms. The molecule has 0 bridgehead atoms. The van der Waals surface area contributed by atoms with Crippen LogP contribution in [0.4, 0.5) is 18.9 Å². The highest BCUT2D eigenvalue weighted by molar-refractivity contribution is 6.09. The number of aromatic hydroxyl groups is 1. The third-order valence-electron chi connectivity index (χ3n) is 3.95. The average Bonchev–Trinajstić information content (AvgIpc) is 2.59. The van der Waals surface area contributed by atoms with Crippen molar-refractivity contribution in [1.29, 1.82) is 0 Å². The summed E-state index contributed by atoms with van der Waals surface area (Å²) in [5, 5.41) is 12.6. The second-order valence-corrected chi connectivity index (χ2v) is 5.64. The lowest BCUT2D eigenvalue weighted by Crippen LogP contribution is -2.28. The SMILES string of the molecule is Cn1c(=O)c(C(=O)Nc2ccccc2)c(O)c2cc(C(F)(F)F)ccc21. The third-order valence-corrected chi connectivity index (χ3v) is 3.95. The molecule has 2 N–H and O–H groups in total. The van der Waals surface area contributed by atoms with Crippen molar-refractivity contribution in [2.75, 3.05) is 5.32 Å². The fraction of sp³-hybridized carbons (Fsp3) is 0.111. The summed E-state index contributed by atoms with van der Waals surface area (Å²) in [5.74, 6) is -1.70. The number of nitrogens with zero attached hydrogens (tertiary/aromatic N) is 1. The van der Waals surface area contributed by atoms with Gasteiger partial charge in [0.05, 0.1) is 11.1 Å². The molecule has 1 aromatic heterocycles. The fourth-order valence-electron chi connectivity index (χ4n) is 2.63. The molecule has 1 amide bonds. The Labute approximate surface area is 145 Å². The van der Waals surface area contributed by atoms with Gasteiger partial charge < -0.3 is 15.0 Å². The lowest BCUT2D eigenvalue weighted by molar-refractivity contribution is -0.137. The molecular weight excluding hydrogens is 349 g/mol. The summed E-state index contributed by atoms with van der Waals surface area (Å²) in [7, 11) is 1.32. The molecule has 8 heteroatoms. The van der Waals surface area contributed by atoms with Gasteiger partial charge in [0.15, 0.2) is 0 Å². The number of halogens is 3. The number of aromatic nitrogens is 1. The number of pyridine rings is 1. The number of benzene rings is 2. The van der Waals surface area contributed by atoms with E-state index in [0.29, 0.717) is 11.8 Å². The number of alkyl halides is 3. The van der Waals surface area contributed by atoms with E-state index < -0.39 is 34.5 Å². The molecule has 0 unspecified atom stereocenters. The van der Waals surface area contributed by atoms with E-state index in [1.165, 1.54) is 7.05 Å². The number of amides is 1.